The van der Waals surface area contributed by atoms with Gasteiger partial charge in [0.25, 0.3) is 0 Å². The van der Waals surface area contributed by atoms with Crippen molar-refractivity contribution in [2.75, 3.05) is 13.2 Å². The number of hydrogen-bond acceptors (Lipinski definition) is 4. The molecule has 0 aliphatic carbocycles. The Labute approximate surface area is 131 Å². The van der Waals surface area contributed by atoms with Gasteiger partial charge in [-0.05, 0) is 12.5 Å². The standard InChI is InChI=1S/C17H24N2OS/c1-14-11-21-16(19-14)10-20-13-17(2,3)12-18-9-15-7-5-4-6-8-15/h4-8,11,18H,9-10,12-13H2,1-3H3. The van der Waals surface area contributed by atoms with Crippen LogP contribution in [0, 0.1) is 12.3 Å². The van der Waals surface area contributed by atoms with E-state index in [1.54, 1.807) is 11.3 Å². The lowest BCUT2D eigenvalue weighted by Gasteiger charge is -2.24. The van der Waals surface area contributed by atoms with Gasteiger partial charge in [0.15, 0.2) is 0 Å². The molecule has 2 aromatic rings. The summed E-state index contributed by atoms with van der Waals surface area (Å²) in [5.74, 6) is 0. The number of nitrogens with one attached hydrogen (secondary N) is 1. The number of aryl methyl sites for hydroxylation is 1. The molecule has 0 aliphatic heterocycles. The largest absolute Gasteiger partial charge is 0.374 e. The Morgan fingerprint density at radius 2 is 2.00 bits per heavy atom. The highest BCUT2D eigenvalue weighted by Gasteiger charge is 2.18. The van der Waals surface area contributed by atoms with Crippen LogP contribution < -0.4 is 5.32 Å². The van der Waals surface area contributed by atoms with E-state index in [0.29, 0.717) is 6.61 Å². The summed E-state index contributed by atoms with van der Waals surface area (Å²) in [5.41, 5.74) is 2.50. The highest BCUT2D eigenvalue weighted by atomic mass is 32.1. The van der Waals surface area contributed by atoms with Crippen LogP contribution in [0.5, 0.6) is 0 Å². The minimum Gasteiger partial charge on any atom is -0.374 e. The van der Waals surface area contributed by atoms with Gasteiger partial charge >= 0.3 is 0 Å². The van der Waals surface area contributed by atoms with Gasteiger partial charge in [-0.2, -0.15) is 0 Å². The van der Waals surface area contributed by atoms with Crippen molar-refractivity contribution >= 4 is 11.3 Å². The lowest BCUT2D eigenvalue weighted by molar-refractivity contribution is 0.0510. The molecule has 3 nitrogen and oxygen atoms in total. The van der Waals surface area contributed by atoms with Crippen LogP contribution in [-0.4, -0.2) is 18.1 Å². The van der Waals surface area contributed by atoms with Crippen molar-refractivity contribution in [2.24, 2.45) is 5.41 Å². The van der Waals surface area contributed by atoms with E-state index < -0.39 is 0 Å². The van der Waals surface area contributed by atoms with E-state index in [2.05, 4.69) is 53.8 Å². The number of benzene rings is 1. The monoisotopic (exact) mass is 304 g/mol. The summed E-state index contributed by atoms with van der Waals surface area (Å²) < 4.78 is 5.81. The van der Waals surface area contributed by atoms with Crippen molar-refractivity contribution in [3.05, 3.63) is 52.0 Å². The highest BCUT2D eigenvalue weighted by Crippen LogP contribution is 2.17. The molecule has 1 N–H and O–H groups in total. The zero-order valence-corrected chi connectivity index (χ0v) is 13.9. The van der Waals surface area contributed by atoms with Gasteiger partial charge in [-0.25, -0.2) is 4.98 Å². The summed E-state index contributed by atoms with van der Waals surface area (Å²) in [5, 5.41) is 6.62. The Hall–Kier alpha value is -1.23. The summed E-state index contributed by atoms with van der Waals surface area (Å²) in [6.07, 6.45) is 0. The topological polar surface area (TPSA) is 34.1 Å². The first kappa shape index (κ1) is 16.1. The van der Waals surface area contributed by atoms with Gasteiger partial charge < -0.3 is 10.1 Å². The van der Waals surface area contributed by atoms with E-state index in [-0.39, 0.29) is 5.41 Å². The Kier molecular flexibility index (Phi) is 5.91. The van der Waals surface area contributed by atoms with Gasteiger partial charge in [-0.3, -0.25) is 0 Å². The van der Waals surface area contributed by atoms with Gasteiger partial charge in [-0.1, -0.05) is 44.2 Å². The lowest BCUT2D eigenvalue weighted by atomic mass is 9.95. The Morgan fingerprint density at radius 1 is 1.24 bits per heavy atom. The highest BCUT2D eigenvalue weighted by molar-refractivity contribution is 7.09. The van der Waals surface area contributed by atoms with Gasteiger partial charge in [0.2, 0.25) is 0 Å². The van der Waals surface area contributed by atoms with Crippen molar-refractivity contribution in [2.45, 2.75) is 33.9 Å². The van der Waals surface area contributed by atoms with Gasteiger partial charge in [0.05, 0.1) is 13.2 Å². The first-order valence-electron chi connectivity index (χ1n) is 7.29. The van der Waals surface area contributed by atoms with Crippen molar-refractivity contribution in [3.8, 4) is 0 Å². The van der Waals surface area contributed by atoms with E-state index >= 15 is 0 Å². The minimum atomic E-state index is 0.112. The van der Waals surface area contributed by atoms with Crippen molar-refractivity contribution in [1.82, 2.24) is 10.3 Å². The zero-order valence-electron chi connectivity index (χ0n) is 13.1. The normalized spacial score (nSPS) is 11.8. The second-order valence-corrected chi connectivity index (χ2v) is 7.07. The average Bonchev–Trinajstić information content (AvgIpc) is 2.85. The van der Waals surface area contributed by atoms with E-state index in [0.717, 1.165) is 30.4 Å². The number of nitrogens with zero attached hydrogens (tertiary/aromatic N) is 1. The Bertz CT molecular complexity index is 537. The molecule has 0 atom stereocenters. The van der Waals surface area contributed by atoms with Crippen LogP contribution in [0.4, 0.5) is 0 Å². The average molecular weight is 304 g/mol. The maximum Gasteiger partial charge on any atom is 0.119 e. The summed E-state index contributed by atoms with van der Waals surface area (Å²) in [4.78, 5) is 4.41. The molecule has 1 aromatic heterocycles. The number of hydrogen-bond donors (Lipinski definition) is 1. The molecule has 1 aromatic carbocycles. The Balaban J connectivity index is 1.66. The predicted octanol–water partition coefficient (Wildman–Crippen LogP) is 3.78. The molecule has 0 spiro atoms. The molecule has 2 rings (SSSR count). The molecule has 0 fully saturated rings. The van der Waals surface area contributed by atoms with Crippen molar-refractivity contribution < 1.29 is 4.74 Å². The smallest absolute Gasteiger partial charge is 0.119 e. The van der Waals surface area contributed by atoms with E-state index in [1.165, 1.54) is 5.56 Å². The zero-order chi connectivity index (χ0) is 15.1. The second-order valence-electron chi connectivity index (χ2n) is 6.13. The number of ether oxygens (including phenoxy) is 1. The molecule has 0 radical (unpaired) electrons. The minimum absolute atomic E-state index is 0.112. The third kappa shape index (κ3) is 5.96. The molecule has 0 saturated heterocycles. The van der Waals surface area contributed by atoms with Crippen LogP contribution in [0.25, 0.3) is 0 Å². The molecule has 0 amide bonds. The third-order valence-electron chi connectivity index (χ3n) is 3.16. The van der Waals surface area contributed by atoms with Crippen LogP contribution in [0.1, 0.15) is 30.1 Å². The summed E-state index contributed by atoms with van der Waals surface area (Å²) in [7, 11) is 0. The number of rotatable bonds is 8. The molecule has 21 heavy (non-hydrogen) atoms. The summed E-state index contributed by atoms with van der Waals surface area (Å²) >= 11 is 1.66. The van der Waals surface area contributed by atoms with Gasteiger partial charge in [0.1, 0.15) is 5.01 Å². The van der Waals surface area contributed by atoms with E-state index in [9.17, 15) is 0 Å². The number of thiazole rings is 1. The fourth-order valence-corrected chi connectivity index (χ4v) is 2.78. The summed E-state index contributed by atoms with van der Waals surface area (Å²) in [6.45, 7) is 9.62. The molecular formula is C17H24N2OS. The molecular weight excluding hydrogens is 280 g/mol. The van der Waals surface area contributed by atoms with Crippen LogP contribution in [0.2, 0.25) is 0 Å². The lowest BCUT2D eigenvalue weighted by Crippen LogP contribution is -2.32. The third-order valence-corrected chi connectivity index (χ3v) is 4.10. The second kappa shape index (κ2) is 7.69. The molecule has 114 valence electrons. The van der Waals surface area contributed by atoms with E-state index in [1.807, 2.05) is 13.0 Å². The SMILES string of the molecule is Cc1csc(COCC(C)(C)CNCc2ccccc2)n1. The molecule has 4 heteroatoms. The van der Waals surface area contributed by atoms with Crippen LogP contribution in [-0.2, 0) is 17.9 Å². The van der Waals surface area contributed by atoms with Crippen molar-refractivity contribution in [3.63, 3.8) is 0 Å². The van der Waals surface area contributed by atoms with Crippen LogP contribution >= 0.6 is 11.3 Å². The predicted molar refractivity (Wildman–Crippen MR) is 88.4 cm³/mol. The molecule has 0 bridgehead atoms. The molecule has 0 unspecified atom stereocenters. The maximum atomic E-state index is 5.81. The number of aromatic nitrogens is 1. The molecule has 0 saturated carbocycles. The van der Waals surface area contributed by atoms with Crippen LogP contribution in [0.15, 0.2) is 35.7 Å². The van der Waals surface area contributed by atoms with Gasteiger partial charge in [-0.15, -0.1) is 11.3 Å². The Morgan fingerprint density at radius 3 is 2.67 bits per heavy atom. The fraction of sp³-hybridized carbons (Fsp3) is 0.471. The molecule has 1 heterocycles. The fourth-order valence-electron chi connectivity index (χ4n) is 2.08. The first-order valence-corrected chi connectivity index (χ1v) is 8.16. The van der Waals surface area contributed by atoms with Crippen molar-refractivity contribution in [1.29, 1.82) is 0 Å². The summed E-state index contributed by atoms with van der Waals surface area (Å²) in [6, 6.07) is 10.5. The maximum absolute atomic E-state index is 5.81. The quantitative estimate of drug-likeness (QED) is 0.806. The van der Waals surface area contributed by atoms with E-state index in [4.69, 9.17) is 4.74 Å². The molecule has 0 aliphatic rings. The van der Waals surface area contributed by atoms with Gasteiger partial charge in [0, 0.05) is 29.6 Å². The van der Waals surface area contributed by atoms with Crippen LogP contribution in [0.3, 0.4) is 0 Å². The first-order chi connectivity index (χ1) is 10.1.